The molecule has 5 heteroatoms. The summed E-state index contributed by atoms with van der Waals surface area (Å²) in [5.41, 5.74) is 2.16. The third-order valence-corrected chi connectivity index (χ3v) is 4.74. The van der Waals surface area contributed by atoms with Gasteiger partial charge in [-0.15, -0.1) is 10.2 Å². The Balaban J connectivity index is 1.57. The first-order valence-electron chi connectivity index (χ1n) is 8.12. The monoisotopic (exact) mass is 312 g/mol. The van der Waals surface area contributed by atoms with Gasteiger partial charge in [-0.2, -0.15) is 0 Å². The molecule has 23 heavy (non-hydrogen) atoms. The summed E-state index contributed by atoms with van der Waals surface area (Å²) in [5.74, 6) is 1.44. The second-order valence-corrected chi connectivity index (χ2v) is 7.15. The highest BCUT2D eigenvalue weighted by Gasteiger charge is 2.60. The zero-order valence-electron chi connectivity index (χ0n) is 14.2. The van der Waals surface area contributed by atoms with E-state index in [1.165, 1.54) is 5.57 Å². The molecule has 0 spiro atoms. The Morgan fingerprint density at radius 3 is 2.87 bits per heavy atom. The molecule has 122 valence electrons. The minimum Gasteiger partial charge on any atom is -0.355 e. The number of nitrogens with zero attached hydrogens (tertiary/aromatic N) is 3. The van der Waals surface area contributed by atoms with Gasteiger partial charge in [0.15, 0.2) is 5.65 Å². The lowest BCUT2D eigenvalue weighted by Crippen LogP contribution is -2.29. The smallest absolute Gasteiger partial charge is 0.224 e. The van der Waals surface area contributed by atoms with Gasteiger partial charge in [0.1, 0.15) is 5.82 Å². The second-order valence-electron chi connectivity index (χ2n) is 7.15. The number of rotatable bonds is 5. The summed E-state index contributed by atoms with van der Waals surface area (Å²) >= 11 is 0. The molecule has 0 saturated heterocycles. The Bertz CT molecular complexity index is 755. The molecule has 3 rings (SSSR count). The molecule has 0 unspecified atom stereocenters. The minimum absolute atomic E-state index is 0.0584. The van der Waals surface area contributed by atoms with E-state index in [0.29, 0.717) is 18.9 Å². The number of carbonyl (C=O) groups excluding carboxylic acids is 1. The van der Waals surface area contributed by atoms with Crippen molar-refractivity contribution in [1.29, 1.82) is 0 Å². The van der Waals surface area contributed by atoms with Crippen molar-refractivity contribution in [2.75, 3.05) is 6.54 Å². The zero-order chi connectivity index (χ0) is 16.6. The van der Waals surface area contributed by atoms with E-state index in [1.54, 1.807) is 0 Å². The van der Waals surface area contributed by atoms with Gasteiger partial charge in [0, 0.05) is 19.2 Å². The minimum atomic E-state index is 0.0584. The van der Waals surface area contributed by atoms with Gasteiger partial charge in [-0.25, -0.2) is 0 Å². The normalized spacial score (nSPS) is 21.9. The van der Waals surface area contributed by atoms with Crippen molar-refractivity contribution in [3.8, 4) is 0 Å². The topological polar surface area (TPSA) is 59.3 Å². The van der Waals surface area contributed by atoms with Crippen LogP contribution in [0, 0.1) is 17.3 Å². The molecular formula is C18H24N4O. The van der Waals surface area contributed by atoms with Crippen LogP contribution in [0.4, 0.5) is 0 Å². The Kier molecular flexibility index (Phi) is 3.96. The fourth-order valence-electron chi connectivity index (χ4n) is 3.32. The summed E-state index contributed by atoms with van der Waals surface area (Å²) in [6, 6.07) is 5.81. The Morgan fingerprint density at radius 2 is 2.13 bits per heavy atom. The Morgan fingerprint density at radius 1 is 1.35 bits per heavy atom. The maximum atomic E-state index is 12.4. The number of pyridine rings is 1. The number of hydrogen-bond acceptors (Lipinski definition) is 3. The van der Waals surface area contributed by atoms with Crippen LogP contribution in [-0.2, 0) is 11.2 Å². The van der Waals surface area contributed by atoms with E-state index in [0.717, 1.165) is 11.5 Å². The molecular weight excluding hydrogens is 288 g/mol. The van der Waals surface area contributed by atoms with Crippen LogP contribution in [-0.4, -0.2) is 27.0 Å². The summed E-state index contributed by atoms with van der Waals surface area (Å²) in [7, 11) is 0. The van der Waals surface area contributed by atoms with Crippen LogP contribution in [0.3, 0.4) is 0 Å². The van der Waals surface area contributed by atoms with Crippen LogP contribution in [0.2, 0.25) is 0 Å². The van der Waals surface area contributed by atoms with Crippen molar-refractivity contribution in [2.24, 2.45) is 17.3 Å². The predicted molar refractivity (Wildman–Crippen MR) is 89.9 cm³/mol. The van der Waals surface area contributed by atoms with Crippen molar-refractivity contribution in [3.05, 3.63) is 41.9 Å². The maximum absolute atomic E-state index is 12.4. The van der Waals surface area contributed by atoms with Crippen molar-refractivity contribution in [2.45, 2.75) is 34.1 Å². The van der Waals surface area contributed by atoms with E-state index in [-0.39, 0.29) is 17.2 Å². The highest BCUT2D eigenvalue weighted by atomic mass is 16.2. The van der Waals surface area contributed by atoms with E-state index in [2.05, 4.69) is 49.3 Å². The standard InChI is InChI=1S/C18H24N4O/c1-12(2)11-13-16(18(13,3)4)17(23)19-9-8-15-21-20-14-7-5-6-10-22(14)15/h5-7,10-11,13,16H,8-9H2,1-4H3,(H,19,23)/t13-,16+/m0/s1. The van der Waals surface area contributed by atoms with Crippen LogP contribution < -0.4 is 5.32 Å². The maximum Gasteiger partial charge on any atom is 0.224 e. The number of carbonyl (C=O) groups is 1. The van der Waals surface area contributed by atoms with E-state index >= 15 is 0 Å². The first kappa shape index (κ1) is 15.7. The van der Waals surface area contributed by atoms with Crippen molar-refractivity contribution >= 4 is 11.6 Å². The van der Waals surface area contributed by atoms with E-state index in [9.17, 15) is 4.79 Å². The average molecular weight is 312 g/mol. The quantitative estimate of drug-likeness (QED) is 0.863. The molecule has 2 atom stereocenters. The molecule has 1 aliphatic rings. The van der Waals surface area contributed by atoms with Gasteiger partial charge < -0.3 is 5.32 Å². The lowest BCUT2D eigenvalue weighted by Gasteiger charge is -2.05. The summed E-state index contributed by atoms with van der Waals surface area (Å²) in [6.07, 6.45) is 4.84. The van der Waals surface area contributed by atoms with Gasteiger partial charge >= 0.3 is 0 Å². The van der Waals surface area contributed by atoms with Crippen LogP contribution in [0.25, 0.3) is 5.65 Å². The largest absolute Gasteiger partial charge is 0.355 e. The Hall–Kier alpha value is -2.17. The summed E-state index contributed by atoms with van der Waals surface area (Å²) in [4.78, 5) is 12.4. The zero-order valence-corrected chi connectivity index (χ0v) is 14.2. The molecule has 1 saturated carbocycles. The van der Waals surface area contributed by atoms with E-state index < -0.39 is 0 Å². The molecule has 1 fully saturated rings. The second kappa shape index (κ2) is 5.80. The number of fused-ring (bicyclic) bond motifs is 1. The van der Waals surface area contributed by atoms with Gasteiger partial charge in [-0.05, 0) is 37.3 Å². The summed E-state index contributed by atoms with van der Waals surface area (Å²) in [5, 5.41) is 11.4. The molecule has 0 aromatic carbocycles. The number of amides is 1. The summed E-state index contributed by atoms with van der Waals surface area (Å²) in [6.45, 7) is 9.07. The lowest BCUT2D eigenvalue weighted by atomic mass is 10.1. The number of hydrogen-bond donors (Lipinski definition) is 1. The van der Waals surface area contributed by atoms with Crippen molar-refractivity contribution in [3.63, 3.8) is 0 Å². The fourth-order valence-corrected chi connectivity index (χ4v) is 3.32. The number of nitrogens with one attached hydrogen (secondary N) is 1. The lowest BCUT2D eigenvalue weighted by molar-refractivity contribution is -0.123. The van der Waals surface area contributed by atoms with Crippen LogP contribution in [0.15, 0.2) is 36.0 Å². The third-order valence-electron chi connectivity index (χ3n) is 4.74. The summed E-state index contributed by atoms with van der Waals surface area (Å²) < 4.78 is 1.96. The van der Waals surface area contributed by atoms with Gasteiger partial charge in [0.05, 0.1) is 5.92 Å². The number of aromatic nitrogens is 3. The SMILES string of the molecule is CC(C)=C[C@H]1[C@H](C(=O)NCCc2nnc3ccccn23)C1(C)C. The van der Waals surface area contributed by atoms with Crippen LogP contribution >= 0.6 is 0 Å². The van der Waals surface area contributed by atoms with Gasteiger partial charge in [0.25, 0.3) is 0 Å². The molecule has 1 aliphatic carbocycles. The molecule has 2 aromatic rings. The molecule has 0 radical (unpaired) electrons. The molecule has 2 aromatic heterocycles. The molecule has 2 heterocycles. The highest BCUT2D eigenvalue weighted by molar-refractivity contribution is 5.83. The third kappa shape index (κ3) is 3.00. The Labute approximate surface area is 136 Å². The van der Waals surface area contributed by atoms with Crippen LogP contribution in [0.5, 0.6) is 0 Å². The van der Waals surface area contributed by atoms with E-state index in [4.69, 9.17) is 0 Å². The molecule has 1 N–H and O–H groups in total. The fraction of sp³-hybridized carbons (Fsp3) is 0.500. The van der Waals surface area contributed by atoms with Gasteiger partial charge in [-0.1, -0.05) is 31.6 Å². The average Bonchev–Trinajstić information content (AvgIpc) is 2.84. The number of allylic oxidation sites excluding steroid dienone is 2. The highest BCUT2D eigenvalue weighted by Crippen LogP contribution is 2.59. The molecule has 0 bridgehead atoms. The molecule has 5 nitrogen and oxygen atoms in total. The first-order valence-corrected chi connectivity index (χ1v) is 8.12. The molecule has 1 amide bonds. The van der Waals surface area contributed by atoms with Gasteiger partial charge in [-0.3, -0.25) is 9.20 Å². The van der Waals surface area contributed by atoms with Crippen molar-refractivity contribution < 1.29 is 4.79 Å². The van der Waals surface area contributed by atoms with Gasteiger partial charge in [0.2, 0.25) is 5.91 Å². The van der Waals surface area contributed by atoms with Crippen molar-refractivity contribution in [1.82, 2.24) is 19.9 Å². The molecule has 0 aliphatic heterocycles. The van der Waals surface area contributed by atoms with Crippen LogP contribution in [0.1, 0.15) is 33.5 Å². The van der Waals surface area contributed by atoms with E-state index in [1.807, 2.05) is 28.8 Å². The predicted octanol–water partition coefficient (Wildman–Crippen LogP) is 2.63. The first-order chi connectivity index (χ1) is 10.9.